The number of benzene rings is 1. The van der Waals surface area contributed by atoms with Crippen molar-refractivity contribution in [3.05, 3.63) is 58.9 Å². The maximum atomic E-state index is 13.4. The van der Waals surface area contributed by atoms with Crippen molar-refractivity contribution >= 4 is 17.5 Å². The van der Waals surface area contributed by atoms with E-state index in [-0.39, 0.29) is 24.8 Å². The summed E-state index contributed by atoms with van der Waals surface area (Å²) in [5, 5.41) is 2.63. The highest BCUT2D eigenvalue weighted by atomic mass is 35.5. The Balaban J connectivity index is 1.63. The normalized spacial score (nSPS) is 18.3. The van der Waals surface area contributed by atoms with E-state index in [2.05, 4.69) is 10.3 Å². The second-order valence-corrected chi connectivity index (χ2v) is 7.40. The van der Waals surface area contributed by atoms with E-state index in [0.29, 0.717) is 18.1 Å². The number of ether oxygens (including phenoxy) is 1. The Kier molecular flexibility index (Phi) is 6.64. The van der Waals surface area contributed by atoms with Crippen LogP contribution in [0.15, 0.2) is 42.6 Å². The van der Waals surface area contributed by atoms with Crippen molar-refractivity contribution < 1.29 is 22.7 Å². The minimum atomic E-state index is -4.63. The maximum absolute atomic E-state index is 13.4. The first-order valence-electron chi connectivity index (χ1n) is 9.17. The molecule has 2 heterocycles. The van der Waals surface area contributed by atoms with Gasteiger partial charge in [-0.05, 0) is 37.3 Å². The summed E-state index contributed by atoms with van der Waals surface area (Å²) < 4.78 is 46.0. The minimum absolute atomic E-state index is 0.0813. The van der Waals surface area contributed by atoms with E-state index in [0.717, 1.165) is 11.3 Å². The van der Waals surface area contributed by atoms with Gasteiger partial charge < -0.3 is 10.1 Å². The van der Waals surface area contributed by atoms with Crippen molar-refractivity contribution in [2.75, 3.05) is 13.1 Å². The molecule has 0 spiro atoms. The molecule has 0 aliphatic carbocycles. The predicted octanol–water partition coefficient (Wildman–Crippen LogP) is 4.13. The molecule has 1 aromatic carbocycles. The number of aromatic nitrogens is 1. The van der Waals surface area contributed by atoms with Crippen LogP contribution in [0, 0.1) is 0 Å². The van der Waals surface area contributed by atoms with Gasteiger partial charge >= 0.3 is 6.18 Å². The molecule has 0 radical (unpaired) electrons. The summed E-state index contributed by atoms with van der Waals surface area (Å²) in [6.07, 6.45) is -3.58. The van der Waals surface area contributed by atoms with Gasteiger partial charge in [0.2, 0.25) is 5.91 Å². The molecule has 3 rings (SSSR count). The number of amides is 1. The third-order valence-electron chi connectivity index (χ3n) is 4.53. The zero-order valence-electron chi connectivity index (χ0n) is 15.7. The third kappa shape index (κ3) is 5.83. The molecule has 1 aliphatic rings. The first-order chi connectivity index (χ1) is 13.7. The number of hydrogen-bond acceptors (Lipinski definition) is 4. The summed E-state index contributed by atoms with van der Waals surface area (Å²) >= 11 is 6.05. The number of alkyl halides is 3. The van der Waals surface area contributed by atoms with E-state index in [1.807, 2.05) is 11.8 Å². The average molecular weight is 428 g/mol. The second-order valence-electron chi connectivity index (χ2n) is 6.96. The van der Waals surface area contributed by atoms with Crippen LogP contribution >= 0.6 is 11.6 Å². The fraction of sp³-hybridized carbons (Fsp3) is 0.400. The standard InChI is InChI=1S/C20H21ClF3N3O2/c1-13-11-27(12-14-10-15(21)5-6-17(14)29-13)9-7-18(28)26-19(20(22,23)24)16-4-2-3-8-25-16/h2-6,8,10,13,19H,7,9,11-12H2,1H3,(H,26,28)/t13-,19-/m0/s1. The Bertz CT molecular complexity index is 849. The molecule has 5 nitrogen and oxygen atoms in total. The molecule has 2 aromatic rings. The summed E-state index contributed by atoms with van der Waals surface area (Å²) in [7, 11) is 0. The lowest BCUT2D eigenvalue weighted by Gasteiger charge is -2.24. The lowest BCUT2D eigenvalue weighted by Crippen LogP contribution is -2.40. The Morgan fingerprint density at radius 2 is 2.17 bits per heavy atom. The monoisotopic (exact) mass is 427 g/mol. The van der Waals surface area contributed by atoms with Gasteiger partial charge in [0.25, 0.3) is 0 Å². The van der Waals surface area contributed by atoms with Crippen molar-refractivity contribution in [3.8, 4) is 5.75 Å². The summed E-state index contributed by atoms with van der Waals surface area (Å²) in [4.78, 5) is 18.0. The van der Waals surface area contributed by atoms with Crippen molar-refractivity contribution in [2.24, 2.45) is 0 Å². The van der Waals surface area contributed by atoms with Gasteiger partial charge in [-0.15, -0.1) is 0 Å². The number of nitrogens with zero attached hydrogens (tertiary/aromatic N) is 2. The Hall–Kier alpha value is -2.32. The smallest absolute Gasteiger partial charge is 0.414 e. The van der Waals surface area contributed by atoms with Gasteiger partial charge in [0.1, 0.15) is 11.9 Å². The molecule has 0 fully saturated rings. The van der Waals surface area contributed by atoms with Gasteiger partial charge in [-0.1, -0.05) is 17.7 Å². The van der Waals surface area contributed by atoms with Gasteiger partial charge in [-0.2, -0.15) is 13.2 Å². The fourth-order valence-corrected chi connectivity index (χ4v) is 3.44. The molecule has 1 amide bonds. The number of rotatable bonds is 5. The van der Waals surface area contributed by atoms with Crippen LogP contribution < -0.4 is 10.1 Å². The number of hydrogen-bond donors (Lipinski definition) is 1. The van der Waals surface area contributed by atoms with Crippen LogP contribution in [-0.4, -0.2) is 41.2 Å². The molecule has 1 aliphatic heterocycles. The number of pyridine rings is 1. The first kappa shape index (κ1) is 21.4. The number of fused-ring (bicyclic) bond motifs is 1. The topological polar surface area (TPSA) is 54.5 Å². The number of halogens is 4. The average Bonchev–Trinajstić information content (AvgIpc) is 2.81. The summed E-state index contributed by atoms with van der Waals surface area (Å²) in [5.74, 6) is 0.0308. The van der Waals surface area contributed by atoms with E-state index >= 15 is 0 Å². The van der Waals surface area contributed by atoms with E-state index in [4.69, 9.17) is 16.3 Å². The fourth-order valence-electron chi connectivity index (χ4n) is 3.24. The van der Waals surface area contributed by atoms with Crippen LogP contribution in [-0.2, 0) is 11.3 Å². The van der Waals surface area contributed by atoms with Crippen LogP contribution in [0.1, 0.15) is 30.6 Å². The molecule has 156 valence electrons. The van der Waals surface area contributed by atoms with E-state index in [1.54, 1.807) is 18.2 Å². The lowest BCUT2D eigenvalue weighted by molar-refractivity contribution is -0.164. The van der Waals surface area contributed by atoms with Gasteiger partial charge in [0.15, 0.2) is 6.04 Å². The van der Waals surface area contributed by atoms with Crippen molar-refractivity contribution in [1.82, 2.24) is 15.2 Å². The highest BCUT2D eigenvalue weighted by Crippen LogP contribution is 2.32. The van der Waals surface area contributed by atoms with Crippen LogP contribution in [0.5, 0.6) is 5.75 Å². The maximum Gasteiger partial charge on any atom is 0.414 e. The SMILES string of the molecule is C[C@H]1CN(CCC(=O)N[C@@H](c2ccccn2)C(F)(F)F)Cc2cc(Cl)ccc2O1. The molecule has 0 saturated heterocycles. The molecule has 1 N–H and O–H groups in total. The van der Waals surface area contributed by atoms with Crippen LogP contribution in [0.2, 0.25) is 5.02 Å². The summed E-state index contributed by atoms with van der Waals surface area (Å²) in [5.41, 5.74) is 0.637. The molecule has 1 aromatic heterocycles. The molecule has 9 heteroatoms. The summed E-state index contributed by atoms with van der Waals surface area (Å²) in [6, 6.07) is 7.41. The molecule has 2 atom stereocenters. The molecule has 29 heavy (non-hydrogen) atoms. The predicted molar refractivity (Wildman–Crippen MR) is 103 cm³/mol. The van der Waals surface area contributed by atoms with E-state index in [9.17, 15) is 18.0 Å². The molecular formula is C20H21ClF3N3O2. The van der Waals surface area contributed by atoms with Gasteiger partial charge in [0, 0.05) is 42.8 Å². The number of carbonyl (C=O) groups excluding carboxylic acids is 1. The van der Waals surface area contributed by atoms with Gasteiger partial charge in [0.05, 0.1) is 5.69 Å². The van der Waals surface area contributed by atoms with Crippen molar-refractivity contribution in [3.63, 3.8) is 0 Å². The van der Waals surface area contributed by atoms with Gasteiger partial charge in [-0.25, -0.2) is 0 Å². The zero-order chi connectivity index (χ0) is 21.0. The van der Waals surface area contributed by atoms with E-state index in [1.165, 1.54) is 24.4 Å². The largest absolute Gasteiger partial charge is 0.489 e. The Labute approximate surface area is 171 Å². The van der Waals surface area contributed by atoms with Crippen molar-refractivity contribution in [1.29, 1.82) is 0 Å². The van der Waals surface area contributed by atoms with Crippen LogP contribution in [0.3, 0.4) is 0 Å². The zero-order valence-corrected chi connectivity index (χ0v) is 16.5. The second kappa shape index (κ2) is 9.00. The molecule has 0 bridgehead atoms. The molecule has 0 unspecified atom stereocenters. The van der Waals surface area contributed by atoms with Gasteiger partial charge in [-0.3, -0.25) is 14.7 Å². The van der Waals surface area contributed by atoms with Crippen LogP contribution in [0.25, 0.3) is 0 Å². The highest BCUT2D eigenvalue weighted by molar-refractivity contribution is 6.30. The number of carbonyl (C=O) groups is 1. The van der Waals surface area contributed by atoms with Crippen molar-refractivity contribution in [2.45, 2.75) is 38.2 Å². The summed E-state index contributed by atoms with van der Waals surface area (Å²) in [6.45, 7) is 3.23. The Morgan fingerprint density at radius 3 is 2.86 bits per heavy atom. The third-order valence-corrected chi connectivity index (χ3v) is 4.77. The lowest BCUT2D eigenvalue weighted by atomic mass is 10.1. The quantitative estimate of drug-likeness (QED) is 0.779. The molecular weight excluding hydrogens is 407 g/mol. The first-order valence-corrected chi connectivity index (χ1v) is 9.54. The Morgan fingerprint density at radius 1 is 1.38 bits per heavy atom. The van der Waals surface area contributed by atoms with Crippen LogP contribution in [0.4, 0.5) is 13.2 Å². The highest BCUT2D eigenvalue weighted by Gasteiger charge is 2.42. The number of nitrogens with one attached hydrogen (secondary N) is 1. The minimum Gasteiger partial charge on any atom is -0.489 e. The van der Waals surface area contributed by atoms with E-state index < -0.39 is 18.1 Å². The molecule has 0 saturated carbocycles.